The smallest absolute Gasteiger partial charge is 0.0734 e. The number of rotatable bonds is 6. The zero-order valence-corrected chi connectivity index (χ0v) is 20.5. The lowest BCUT2D eigenvalue weighted by Gasteiger charge is -2.17. The van der Waals surface area contributed by atoms with Crippen molar-refractivity contribution < 1.29 is 0 Å². The third-order valence-electron chi connectivity index (χ3n) is 6.50. The van der Waals surface area contributed by atoms with E-state index in [4.69, 9.17) is 4.98 Å². The number of hydrogen-bond acceptors (Lipinski definition) is 3. The Kier molecular flexibility index (Phi) is 6.28. The first-order valence-electron chi connectivity index (χ1n) is 11.9. The van der Waals surface area contributed by atoms with Crippen LogP contribution >= 0.6 is 0 Å². The Morgan fingerprint density at radius 2 is 1.28 bits per heavy atom. The molecule has 166 valence electrons. The molecule has 0 amide bonds. The molecule has 2 aromatic carbocycles. The summed E-state index contributed by atoms with van der Waals surface area (Å²) in [6.45, 7) is 15.6. The Hall–Kier alpha value is -2.81. The van der Waals surface area contributed by atoms with Gasteiger partial charge < -0.3 is 0 Å². The maximum atomic E-state index is 5.12. The summed E-state index contributed by atoms with van der Waals surface area (Å²) in [5, 5.41) is 13.6. The lowest BCUT2D eigenvalue weighted by molar-refractivity contribution is 0.728. The molecule has 3 nitrogen and oxygen atoms in total. The fourth-order valence-corrected chi connectivity index (χ4v) is 4.56. The van der Waals surface area contributed by atoms with Gasteiger partial charge in [0.05, 0.1) is 17.6 Å². The van der Waals surface area contributed by atoms with Crippen molar-refractivity contribution in [3.8, 4) is 0 Å². The van der Waals surface area contributed by atoms with E-state index >= 15 is 0 Å². The highest BCUT2D eigenvalue weighted by Crippen LogP contribution is 2.31. The van der Waals surface area contributed by atoms with Crippen molar-refractivity contribution in [2.24, 2.45) is 0 Å². The van der Waals surface area contributed by atoms with E-state index in [1.54, 1.807) is 0 Å². The van der Waals surface area contributed by atoms with Gasteiger partial charge in [0.25, 0.3) is 0 Å². The molecule has 0 N–H and O–H groups in total. The third-order valence-corrected chi connectivity index (χ3v) is 6.50. The molecule has 0 aliphatic carbocycles. The van der Waals surface area contributed by atoms with E-state index < -0.39 is 0 Å². The standard InChI is InChI=1S/C29H35N3/c1-17(2)21-8-10-26-23(13-21)15-25(31-28(26)18(3)4)12-20(7)22-9-11-27-24(14-22)16-30-32-29(27)19(5)6/h8-11,13-20H,12H2,1-7H3. The lowest BCUT2D eigenvalue weighted by atomic mass is 9.91. The second-order valence-electron chi connectivity index (χ2n) is 10.1. The maximum absolute atomic E-state index is 5.12. The first-order chi connectivity index (χ1) is 15.2. The summed E-state index contributed by atoms with van der Waals surface area (Å²) < 4.78 is 0. The van der Waals surface area contributed by atoms with Crippen molar-refractivity contribution in [1.82, 2.24) is 15.2 Å². The van der Waals surface area contributed by atoms with Gasteiger partial charge in [-0.25, -0.2) is 0 Å². The second-order valence-corrected chi connectivity index (χ2v) is 10.1. The molecule has 0 fully saturated rings. The molecule has 2 aromatic heterocycles. The van der Waals surface area contributed by atoms with Crippen LogP contribution in [0.1, 0.15) is 100 Å². The van der Waals surface area contributed by atoms with E-state index in [-0.39, 0.29) is 0 Å². The molecule has 1 unspecified atom stereocenters. The molecule has 0 aliphatic heterocycles. The third kappa shape index (κ3) is 4.39. The van der Waals surface area contributed by atoms with Crippen LogP contribution < -0.4 is 0 Å². The van der Waals surface area contributed by atoms with Crippen molar-refractivity contribution in [2.75, 3.05) is 0 Å². The Balaban J connectivity index is 1.70. The number of aromatic nitrogens is 3. The van der Waals surface area contributed by atoms with Crippen LogP contribution in [0, 0.1) is 0 Å². The molecule has 4 aromatic rings. The average Bonchev–Trinajstić information content (AvgIpc) is 2.76. The van der Waals surface area contributed by atoms with Crippen LogP contribution in [0.2, 0.25) is 0 Å². The molecule has 0 saturated carbocycles. The van der Waals surface area contributed by atoms with Crippen molar-refractivity contribution in [2.45, 2.75) is 78.6 Å². The Labute approximate surface area is 192 Å². The normalized spacial score (nSPS) is 13.1. The van der Waals surface area contributed by atoms with Gasteiger partial charge in [0.2, 0.25) is 0 Å². The highest BCUT2D eigenvalue weighted by atomic mass is 15.1. The minimum atomic E-state index is 0.362. The van der Waals surface area contributed by atoms with Crippen molar-refractivity contribution >= 4 is 21.5 Å². The molecule has 3 heteroatoms. The SMILES string of the molecule is CC(C)c1ccc2c(C(C)C)nc(CC(C)c3ccc4c(C(C)C)nncc4c3)cc2c1. The Morgan fingerprint density at radius 1 is 0.656 bits per heavy atom. The minimum absolute atomic E-state index is 0.362. The zero-order chi connectivity index (χ0) is 23.0. The predicted molar refractivity (Wildman–Crippen MR) is 136 cm³/mol. The molecular formula is C29H35N3. The number of benzene rings is 2. The molecule has 32 heavy (non-hydrogen) atoms. The molecule has 0 spiro atoms. The first kappa shape index (κ1) is 22.4. The van der Waals surface area contributed by atoms with Crippen molar-refractivity contribution in [3.63, 3.8) is 0 Å². The van der Waals surface area contributed by atoms with Gasteiger partial charge in [0.1, 0.15) is 0 Å². The van der Waals surface area contributed by atoms with Gasteiger partial charge in [0.15, 0.2) is 0 Å². The van der Waals surface area contributed by atoms with Gasteiger partial charge in [-0.15, -0.1) is 0 Å². The van der Waals surface area contributed by atoms with Crippen LogP contribution in [0.3, 0.4) is 0 Å². The van der Waals surface area contributed by atoms with E-state index in [9.17, 15) is 0 Å². The van der Waals surface area contributed by atoms with Gasteiger partial charge in [-0.05, 0) is 58.7 Å². The molecule has 0 saturated heterocycles. The highest BCUT2D eigenvalue weighted by molar-refractivity contribution is 5.86. The van der Waals surface area contributed by atoms with Gasteiger partial charge >= 0.3 is 0 Å². The molecular weight excluding hydrogens is 390 g/mol. The molecule has 0 aliphatic rings. The summed E-state index contributed by atoms with van der Waals surface area (Å²) in [4.78, 5) is 5.12. The minimum Gasteiger partial charge on any atom is -0.257 e. The topological polar surface area (TPSA) is 38.7 Å². The Morgan fingerprint density at radius 3 is 1.94 bits per heavy atom. The number of hydrogen-bond donors (Lipinski definition) is 0. The van der Waals surface area contributed by atoms with E-state index in [2.05, 4.69) is 101 Å². The molecule has 1 atom stereocenters. The summed E-state index contributed by atoms with van der Waals surface area (Å²) in [5.41, 5.74) is 6.15. The van der Waals surface area contributed by atoms with Crippen molar-refractivity contribution in [1.29, 1.82) is 0 Å². The summed E-state index contributed by atoms with van der Waals surface area (Å²) in [6, 6.07) is 15.9. The van der Waals surface area contributed by atoms with E-state index in [0.29, 0.717) is 23.7 Å². The van der Waals surface area contributed by atoms with E-state index in [1.807, 2.05) is 6.20 Å². The summed E-state index contributed by atoms with van der Waals surface area (Å²) in [6.07, 6.45) is 2.80. The Bertz CT molecular complexity index is 1250. The number of fused-ring (bicyclic) bond motifs is 2. The van der Waals surface area contributed by atoms with Crippen LogP contribution in [0.4, 0.5) is 0 Å². The molecule has 4 rings (SSSR count). The summed E-state index contributed by atoms with van der Waals surface area (Å²) in [7, 11) is 0. The van der Waals surface area contributed by atoms with E-state index in [0.717, 1.165) is 12.1 Å². The number of pyridine rings is 1. The molecule has 0 bridgehead atoms. The van der Waals surface area contributed by atoms with Gasteiger partial charge in [0, 0.05) is 21.9 Å². The fourth-order valence-electron chi connectivity index (χ4n) is 4.56. The van der Waals surface area contributed by atoms with Gasteiger partial charge in [-0.1, -0.05) is 78.8 Å². The fraction of sp³-hybridized carbons (Fsp3) is 0.414. The van der Waals surface area contributed by atoms with E-state index in [1.165, 1.54) is 44.1 Å². The van der Waals surface area contributed by atoms with Crippen LogP contribution in [-0.2, 0) is 6.42 Å². The van der Waals surface area contributed by atoms with Crippen LogP contribution in [-0.4, -0.2) is 15.2 Å². The monoisotopic (exact) mass is 425 g/mol. The van der Waals surface area contributed by atoms with Gasteiger partial charge in [-0.2, -0.15) is 10.2 Å². The number of nitrogens with zero attached hydrogens (tertiary/aromatic N) is 3. The lowest BCUT2D eigenvalue weighted by Crippen LogP contribution is -2.05. The first-order valence-corrected chi connectivity index (χ1v) is 11.9. The highest BCUT2D eigenvalue weighted by Gasteiger charge is 2.15. The van der Waals surface area contributed by atoms with Crippen LogP contribution in [0.15, 0.2) is 48.7 Å². The molecule has 2 heterocycles. The van der Waals surface area contributed by atoms with Crippen LogP contribution in [0.5, 0.6) is 0 Å². The van der Waals surface area contributed by atoms with Crippen LogP contribution in [0.25, 0.3) is 21.5 Å². The maximum Gasteiger partial charge on any atom is 0.0734 e. The zero-order valence-electron chi connectivity index (χ0n) is 20.5. The summed E-state index contributed by atoms with van der Waals surface area (Å²) in [5.74, 6) is 1.65. The second kappa shape index (κ2) is 8.97. The largest absolute Gasteiger partial charge is 0.257 e. The summed E-state index contributed by atoms with van der Waals surface area (Å²) >= 11 is 0. The average molecular weight is 426 g/mol. The molecule has 0 radical (unpaired) electrons. The van der Waals surface area contributed by atoms with Crippen molar-refractivity contribution in [3.05, 3.63) is 76.9 Å². The predicted octanol–water partition coefficient (Wildman–Crippen LogP) is 7.89. The quantitative estimate of drug-likeness (QED) is 0.315. The van der Waals surface area contributed by atoms with Gasteiger partial charge in [-0.3, -0.25) is 4.98 Å².